The first-order valence-electron chi connectivity index (χ1n) is 1.74. The van der Waals surface area contributed by atoms with Gasteiger partial charge >= 0.3 is 38.2 Å². The van der Waals surface area contributed by atoms with E-state index in [4.69, 9.17) is 0 Å². The Morgan fingerprint density at radius 1 is 1.50 bits per heavy atom. The Hall–Kier alpha value is 0.720. The number of halogens is 2. The van der Waals surface area contributed by atoms with Gasteiger partial charge in [0, 0.05) is 0 Å². The monoisotopic (exact) mass is 132 g/mol. The van der Waals surface area contributed by atoms with Gasteiger partial charge in [-0.25, -0.2) is 0 Å². The van der Waals surface area contributed by atoms with E-state index in [1.807, 2.05) is 0 Å². The Morgan fingerprint density at radius 3 is 2.33 bits per heavy atom. The maximum absolute atomic E-state index is 11.1. The van der Waals surface area contributed by atoms with Crippen molar-refractivity contribution in [2.45, 2.75) is 0 Å². The summed E-state index contributed by atoms with van der Waals surface area (Å²) >= 11 is 0. The van der Waals surface area contributed by atoms with Crippen LogP contribution in [0.15, 0.2) is 0 Å². The normalized spacial score (nSPS) is 11.7. The summed E-state index contributed by atoms with van der Waals surface area (Å²) in [6.45, 7) is 0. The summed E-state index contributed by atoms with van der Waals surface area (Å²) < 4.78 is 22.1. The van der Waals surface area contributed by atoms with Gasteiger partial charge in [0.05, 0.1) is 0 Å². The van der Waals surface area contributed by atoms with E-state index >= 15 is 0 Å². The summed E-state index contributed by atoms with van der Waals surface area (Å²) in [6.07, 6.45) is -0.529. The van der Waals surface area contributed by atoms with Crippen LogP contribution in [0.4, 0.5) is 8.78 Å². The predicted molar refractivity (Wildman–Crippen MR) is 31.4 cm³/mol. The van der Waals surface area contributed by atoms with Crippen LogP contribution < -0.4 is 0 Å². The number of alkyl halides is 2. The van der Waals surface area contributed by atoms with Crippen LogP contribution in [0.2, 0.25) is 0 Å². The number of rotatable bonds is 3. The standard InChI is InChI=1S/C2H8F2P2/c3-1-5-6-2-4/h5H,1-2H2,6H3. The topological polar surface area (TPSA) is 0 Å². The van der Waals surface area contributed by atoms with Gasteiger partial charge in [-0.3, -0.25) is 0 Å². The summed E-state index contributed by atoms with van der Waals surface area (Å²) in [5.41, 5.74) is 0. The molecule has 1 unspecified atom stereocenters. The van der Waals surface area contributed by atoms with Crippen molar-refractivity contribution in [1.82, 2.24) is 0 Å². The third kappa shape index (κ3) is 4.72. The molecule has 0 aromatic rings. The van der Waals surface area contributed by atoms with Crippen molar-refractivity contribution in [2.24, 2.45) is 0 Å². The molecule has 0 bridgehead atoms. The van der Waals surface area contributed by atoms with E-state index in [1.54, 1.807) is 0 Å². The maximum atomic E-state index is 11.1. The van der Waals surface area contributed by atoms with Crippen molar-refractivity contribution in [2.75, 3.05) is 12.8 Å². The zero-order chi connectivity index (χ0) is 4.83. The van der Waals surface area contributed by atoms with Gasteiger partial charge in [0.1, 0.15) is 0 Å². The average Bonchev–Trinajstić information content (AvgIpc) is 1.61. The van der Waals surface area contributed by atoms with E-state index in [0.29, 0.717) is 8.27 Å². The Morgan fingerprint density at radius 2 is 2.17 bits per heavy atom. The molecule has 0 aromatic heterocycles. The number of hydrogen-bond acceptors (Lipinski definition) is 0. The average molecular weight is 132 g/mol. The summed E-state index contributed by atoms with van der Waals surface area (Å²) in [5.74, 6) is 0. The third-order valence-corrected chi connectivity index (χ3v) is 3.29. The molecule has 0 saturated heterocycles. The second kappa shape index (κ2) is 5.72. The van der Waals surface area contributed by atoms with Crippen molar-refractivity contribution in [3.05, 3.63) is 0 Å². The molecule has 0 amide bonds. The molecule has 40 valence electrons. The third-order valence-electron chi connectivity index (χ3n) is 0.366. The molecule has 0 N–H and O–H groups in total. The molecule has 6 heavy (non-hydrogen) atoms. The SMILES string of the molecule is FCP[PH3]CF. The molecule has 0 aliphatic carbocycles. The first-order valence-corrected chi connectivity index (χ1v) is 6.28. The Kier molecular flexibility index (Phi) is 6.41. The molecule has 0 radical (unpaired) electrons. The molecule has 1 atom stereocenters. The molecule has 0 heterocycles. The van der Waals surface area contributed by atoms with Crippen LogP contribution >= 0.6 is 16.5 Å². The van der Waals surface area contributed by atoms with Gasteiger partial charge in [-0.15, -0.1) is 0 Å². The second-order valence-electron chi connectivity index (χ2n) is 0.823. The molecule has 0 saturated carbocycles. The fourth-order valence-electron chi connectivity index (χ4n) is 0.134. The van der Waals surface area contributed by atoms with E-state index in [2.05, 4.69) is 0 Å². The predicted octanol–water partition coefficient (Wildman–Crippen LogP) is 1.58. The van der Waals surface area contributed by atoms with Crippen molar-refractivity contribution in [3.63, 3.8) is 0 Å². The van der Waals surface area contributed by atoms with Crippen molar-refractivity contribution in [1.29, 1.82) is 0 Å². The molecule has 0 fully saturated rings. The van der Waals surface area contributed by atoms with E-state index in [9.17, 15) is 8.78 Å². The van der Waals surface area contributed by atoms with Crippen LogP contribution in [0, 0.1) is 0 Å². The molecule has 0 aliphatic heterocycles. The van der Waals surface area contributed by atoms with Gasteiger partial charge in [-0.1, -0.05) is 0 Å². The van der Waals surface area contributed by atoms with Crippen molar-refractivity contribution < 1.29 is 8.78 Å². The summed E-state index contributed by atoms with van der Waals surface area (Å²) in [6, 6.07) is 0. The molecule has 0 aromatic carbocycles. The zero-order valence-corrected chi connectivity index (χ0v) is 5.79. The van der Waals surface area contributed by atoms with Gasteiger partial charge in [-0.05, 0) is 0 Å². The molecule has 0 aliphatic rings. The second-order valence-corrected chi connectivity index (χ2v) is 5.47. The molecule has 0 spiro atoms. The molecular formula is C2H8F2P2. The zero-order valence-electron chi connectivity index (χ0n) is 3.38. The fraction of sp³-hybridized carbons (Fsp3) is 1.00. The van der Waals surface area contributed by atoms with Gasteiger partial charge in [0.25, 0.3) is 0 Å². The molecule has 0 nitrogen and oxygen atoms in total. The molecule has 4 heteroatoms. The quantitative estimate of drug-likeness (QED) is 0.404. The molecule has 0 rings (SSSR count). The van der Waals surface area contributed by atoms with Gasteiger partial charge in [0.15, 0.2) is 0 Å². The Labute approximate surface area is 39.2 Å². The van der Waals surface area contributed by atoms with Crippen LogP contribution in [0.3, 0.4) is 0 Å². The Bertz CT molecular complexity index is 21.5. The van der Waals surface area contributed by atoms with Gasteiger partial charge in [0.2, 0.25) is 0 Å². The van der Waals surface area contributed by atoms with Crippen LogP contribution in [-0.4, -0.2) is 12.8 Å². The van der Waals surface area contributed by atoms with Crippen LogP contribution in [0.1, 0.15) is 0 Å². The minimum atomic E-state index is -0.592. The first kappa shape index (κ1) is 6.72. The summed E-state index contributed by atoms with van der Waals surface area (Å²) in [4.78, 5) is 0. The minimum absolute atomic E-state index is 0.234. The molecular weight excluding hydrogens is 124 g/mol. The van der Waals surface area contributed by atoms with Crippen LogP contribution in [0.25, 0.3) is 0 Å². The van der Waals surface area contributed by atoms with Crippen LogP contribution in [-0.2, 0) is 0 Å². The van der Waals surface area contributed by atoms with E-state index in [0.717, 1.165) is 0 Å². The van der Waals surface area contributed by atoms with Gasteiger partial charge < -0.3 is 0 Å². The van der Waals surface area contributed by atoms with Crippen molar-refractivity contribution in [3.8, 4) is 0 Å². The Balaban J connectivity index is 2.34. The van der Waals surface area contributed by atoms with E-state index < -0.39 is 8.27 Å². The van der Waals surface area contributed by atoms with E-state index in [1.165, 1.54) is 0 Å². The van der Waals surface area contributed by atoms with Gasteiger partial charge in [-0.2, -0.15) is 0 Å². The fourth-order valence-corrected chi connectivity index (χ4v) is 1.20. The van der Waals surface area contributed by atoms with E-state index in [-0.39, 0.29) is 12.8 Å². The first-order chi connectivity index (χ1) is 2.91. The number of hydrogen-bond donors (Lipinski definition) is 0. The van der Waals surface area contributed by atoms with Crippen LogP contribution in [0.5, 0.6) is 0 Å². The summed E-state index contributed by atoms with van der Waals surface area (Å²) in [5, 5.41) is 0. The summed E-state index contributed by atoms with van der Waals surface area (Å²) in [7, 11) is -0.280. The van der Waals surface area contributed by atoms with Crippen molar-refractivity contribution >= 4 is 16.5 Å².